The van der Waals surface area contributed by atoms with Crippen LogP contribution in [0, 0.1) is 5.92 Å². The molecule has 1 aromatic carbocycles. The minimum atomic E-state index is -1.85. The van der Waals surface area contributed by atoms with Crippen molar-refractivity contribution in [2.24, 2.45) is 5.92 Å². The van der Waals surface area contributed by atoms with E-state index in [1.165, 1.54) is 11.1 Å². The first-order valence-electron chi connectivity index (χ1n) is 16.4. The van der Waals surface area contributed by atoms with Gasteiger partial charge in [0.15, 0.2) is 5.60 Å². The number of benzene rings is 1. The maximum absolute atomic E-state index is 14.1. The average molecular weight is 606 g/mol. The largest absolute Gasteiger partial charge is 0.394 e. The van der Waals surface area contributed by atoms with Gasteiger partial charge in [-0.1, -0.05) is 55.2 Å². The molecule has 2 saturated heterocycles. The molecule has 0 spiro atoms. The summed E-state index contributed by atoms with van der Waals surface area (Å²) >= 11 is 0. The van der Waals surface area contributed by atoms with Gasteiger partial charge in [0, 0.05) is 49.6 Å². The molecule has 3 atom stereocenters. The number of rotatable bonds is 11. The molecule has 2 fully saturated rings. The first kappa shape index (κ1) is 33.7. The highest BCUT2D eigenvalue weighted by molar-refractivity contribution is 6.08. The van der Waals surface area contributed by atoms with E-state index in [1.54, 1.807) is 33.8 Å². The van der Waals surface area contributed by atoms with Crippen molar-refractivity contribution < 1.29 is 24.6 Å². The molecule has 240 valence electrons. The lowest BCUT2D eigenvalue weighted by Crippen LogP contribution is -2.44. The Balaban J connectivity index is 1.62. The highest BCUT2D eigenvalue weighted by Gasteiger charge is 2.52. The van der Waals surface area contributed by atoms with Gasteiger partial charge in [0.1, 0.15) is 0 Å². The van der Waals surface area contributed by atoms with E-state index in [1.807, 2.05) is 18.2 Å². The van der Waals surface area contributed by atoms with Gasteiger partial charge in [-0.2, -0.15) is 0 Å². The van der Waals surface area contributed by atoms with Crippen molar-refractivity contribution in [3.8, 4) is 0 Å². The topological polar surface area (TPSA) is 101 Å². The summed E-state index contributed by atoms with van der Waals surface area (Å²) in [5, 5.41) is 21.9. The molecule has 3 aliphatic heterocycles. The minimum absolute atomic E-state index is 0.0442. The molecule has 0 aromatic heterocycles. The summed E-state index contributed by atoms with van der Waals surface area (Å²) in [6, 6.07) is 5.44. The fraction of sp³-hybridized carbons (Fsp3) is 0.583. The molecule has 44 heavy (non-hydrogen) atoms. The van der Waals surface area contributed by atoms with E-state index in [0.29, 0.717) is 43.0 Å². The number of carbonyl (C=O) groups is 3. The molecule has 3 amide bonds. The third kappa shape index (κ3) is 7.52. The predicted octanol–water partition coefficient (Wildman–Crippen LogP) is 5.78. The number of fused-ring (bicyclic) bond motifs is 1. The van der Waals surface area contributed by atoms with E-state index in [4.69, 9.17) is 0 Å². The Kier molecular flexibility index (Phi) is 11.6. The lowest BCUT2D eigenvalue weighted by molar-refractivity contribution is -0.139. The van der Waals surface area contributed by atoms with Crippen molar-refractivity contribution in [1.82, 2.24) is 4.90 Å². The molecule has 3 aliphatic rings. The van der Waals surface area contributed by atoms with Crippen LogP contribution in [0.4, 0.5) is 11.4 Å². The second-order valence-corrected chi connectivity index (χ2v) is 13.0. The maximum atomic E-state index is 14.1. The first-order valence-corrected chi connectivity index (χ1v) is 16.4. The van der Waals surface area contributed by atoms with Crippen LogP contribution in [-0.4, -0.2) is 65.1 Å². The van der Waals surface area contributed by atoms with E-state index in [0.717, 1.165) is 51.4 Å². The molecule has 8 nitrogen and oxygen atoms in total. The number of likely N-dealkylation sites (tertiary alicyclic amines) is 1. The number of aliphatic hydroxyl groups is 2. The van der Waals surface area contributed by atoms with Crippen LogP contribution in [0.5, 0.6) is 0 Å². The van der Waals surface area contributed by atoms with Crippen molar-refractivity contribution >= 4 is 29.1 Å². The lowest BCUT2D eigenvalue weighted by Gasteiger charge is -2.29. The number of carbonyl (C=O) groups excluding carboxylic acids is 3. The molecule has 0 bridgehead atoms. The number of aliphatic hydroxyl groups excluding tert-OH is 1. The molecule has 1 aromatic rings. The fourth-order valence-corrected chi connectivity index (χ4v) is 6.64. The van der Waals surface area contributed by atoms with Gasteiger partial charge >= 0.3 is 0 Å². The highest BCUT2D eigenvalue weighted by atomic mass is 16.3. The Bertz CT molecular complexity index is 1300. The number of nitrogens with zero attached hydrogens (tertiary/aromatic N) is 3. The second kappa shape index (κ2) is 15.2. The van der Waals surface area contributed by atoms with Gasteiger partial charge in [-0.25, -0.2) is 0 Å². The Labute approximate surface area is 263 Å². The third-order valence-electron chi connectivity index (χ3n) is 9.39. The summed E-state index contributed by atoms with van der Waals surface area (Å²) in [4.78, 5) is 45.2. The van der Waals surface area contributed by atoms with E-state index >= 15 is 0 Å². The summed E-state index contributed by atoms with van der Waals surface area (Å²) in [7, 11) is 0. The summed E-state index contributed by atoms with van der Waals surface area (Å²) < 4.78 is 0. The molecule has 0 saturated carbocycles. The molecule has 3 heterocycles. The Morgan fingerprint density at radius 3 is 2.59 bits per heavy atom. The standard InChI is InChI=1S/C36H51N3O5/c1-26(2)12-9-13-27(3)20-23-39-32-19-18-29(37-21-8-6-5-7-16-33(37)41)24-31(32)36(44,35(39)43)28(4)14-10-17-34(42)38-22-11-15-30(38)25-40/h10,12,14,18-20,24,28,30,40,44H,5-9,11,13,15-17,21-23,25H2,1-4H3/b14-10+,27-20+/t28-,30+,36+/m1/s1. The number of hydrogen-bond donors (Lipinski definition) is 2. The van der Waals surface area contributed by atoms with Gasteiger partial charge in [0.25, 0.3) is 5.91 Å². The van der Waals surface area contributed by atoms with Crippen molar-refractivity contribution in [1.29, 1.82) is 0 Å². The molecule has 0 unspecified atom stereocenters. The number of amides is 3. The van der Waals surface area contributed by atoms with Gasteiger partial charge < -0.3 is 24.9 Å². The molecule has 2 N–H and O–H groups in total. The molecule has 8 heteroatoms. The van der Waals surface area contributed by atoms with Crippen molar-refractivity contribution in [3.63, 3.8) is 0 Å². The van der Waals surface area contributed by atoms with Crippen molar-refractivity contribution in [3.05, 3.63) is 59.2 Å². The zero-order chi connectivity index (χ0) is 31.9. The number of anilines is 2. The fourth-order valence-electron chi connectivity index (χ4n) is 6.64. The highest BCUT2D eigenvalue weighted by Crippen LogP contribution is 2.47. The Morgan fingerprint density at radius 1 is 1.07 bits per heavy atom. The third-order valence-corrected chi connectivity index (χ3v) is 9.39. The van der Waals surface area contributed by atoms with Crippen LogP contribution in [-0.2, 0) is 20.0 Å². The second-order valence-electron chi connectivity index (χ2n) is 13.0. The van der Waals surface area contributed by atoms with Crippen LogP contribution in [0.25, 0.3) is 0 Å². The molecule has 4 rings (SSSR count). The smallest absolute Gasteiger partial charge is 0.264 e. The van der Waals surface area contributed by atoms with Crippen LogP contribution in [0.15, 0.2) is 53.6 Å². The van der Waals surface area contributed by atoms with Gasteiger partial charge in [-0.05, 0) is 77.5 Å². The van der Waals surface area contributed by atoms with Crippen molar-refractivity contribution in [2.45, 2.75) is 104 Å². The Hall–Kier alpha value is -3.23. The molecule has 0 radical (unpaired) electrons. The quantitative estimate of drug-likeness (QED) is 0.312. The molecular formula is C36H51N3O5. The normalized spacial score (nSPS) is 23.6. The van der Waals surface area contributed by atoms with Crippen LogP contribution in [0.3, 0.4) is 0 Å². The number of allylic oxidation sites excluding steroid dienone is 3. The summed E-state index contributed by atoms with van der Waals surface area (Å²) in [6.45, 7) is 9.57. The molecular weight excluding hydrogens is 554 g/mol. The van der Waals surface area contributed by atoms with Crippen molar-refractivity contribution in [2.75, 3.05) is 36.0 Å². The van der Waals surface area contributed by atoms with E-state index in [9.17, 15) is 24.6 Å². The average Bonchev–Trinajstić information content (AvgIpc) is 3.55. The lowest BCUT2D eigenvalue weighted by atomic mass is 9.82. The molecule has 0 aliphatic carbocycles. The summed E-state index contributed by atoms with van der Waals surface area (Å²) in [6.07, 6.45) is 15.8. The SMILES string of the molecule is CC(C)=CCC/C(C)=C/CN1C(=O)[C@](O)([C@H](C)/C=C/CC(=O)N2CCC[C@H]2CO)c2cc(N3CCCCCCC3=O)ccc21. The van der Waals surface area contributed by atoms with Crippen LogP contribution < -0.4 is 9.80 Å². The summed E-state index contributed by atoms with van der Waals surface area (Å²) in [5.74, 6) is -1.03. The number of hydrogen-bond acceptors (Lipinski definition) is 5. The van der Waals surface area contributed by atoms with Crippen LogP contribution in [0.2, 0.25) is 0 Å². The van der Waals surface area contributed by atoms with E-state index < -0.39 is 17.4 Å². The van der Waals surface area contributed by atoms with Gasteiger partial charge in [0.2, 0.25) is 11.8 Å². The van der Waals surface area contributed by atoms with Gasteiger partial charge in [-0.3, -0.25) is 14.4 Å². The monoisotopic (exact) mass is 605 g/mol. The Morgan fingerprint density at radius 2 is 1.84 bits per heavy atom. The van der Waals surface area contributed by atoms with Crippen LogP contribution in [0.1, 0.15) is 97.5 Å². The maximum Gasteiger partial charge on any atom is 0.264 e. The van der Waals surface area contributed by atoms with Gasteiger partial charge in [-0.15, -0.1) is 0 Å². The van der Waals surface area contributed by atoms with E-state index in [2.05, 4.69) is 32.9 Å². The van der Waals surface area contributed by atoms with Gasteiger partial charge in [0.05, 0.1) is 18.3 Å². The first-order chi connectivity index (χ1) is 21.1. The summed E-state index contributed by atoms with van der Waals surface area (Å²) in [5.41, 5.74) is 2.44. The predicted molar refractivity (Wildman–Crippen MR) is 175 cm³/mol. The minimum Gasteiger partial charge on any atom is -0.394 e. The van der Waals surface area contributed by atoms with Crippen LogP contribution >= 0.6 is 0 Å². The van der Waals surface area contributed by atoms with E-state index in [-0.39, 0.29) is 30.9 Å². The zero-order valence-electron chi connectivity index (χ0n) is 27.1. The zero-order valence-corrected chi connectivity index (χ0v) is 27.1.